The van der Waals surface area contributed by atoms with Gasteiger partial charge in [-0.05, 0) is 37.1 Å². The van der Waals surface area contributed by atoms with Crippen LogP contribution >= 0.6 is 0 Å². The predicted molar refractivity (Wildman–Crippen MR) is 70.0 cm³/mol. The van der Waals surface area contributed by atoms with Crippen molar-refractivity contribution in [2.45, 2.75) is 20.5 Å². The number of carbonyl (C=O) groups is 2. The molecule has 0 aliphatic rings. The molecule has 112 valence electrons. The minimum atomic E-state index is -2.97. The maximum Gasteiger partial charge on any atom is 0.387 e. The Morgan fingerprint density at radius 1 is 1.29 bits per heavy atom. The zero-order chi connectivity index (χ0) is 16.2. The minimum Gasteiger partial charge on any atom is -0.434 e. The van der Waals surface area contributed by atoms with Crippen LogP contribution in [0.2, 0.25) is 0 Å². The van der Waals surface area contributed by atoms with Gasteiger partial charge < -0.3 is 10.1 Å². The quantitative estimate of drug-likeness (QED) is 0.665. The molecule has 1 N–H and O–H groups in total. The first-order chi connectivity index (χ1) is 9.81. The van der Waals surface area contributed by atoms with Gasteiger partial charge in [0, 0.05) is 12.6 Å². The van der Waals surface area contributed by atoms with Crippen molar-refractivity contribution in [2.75, 3.05) is 7.05 Å². The molecule has 0 aliphatic heterocycles. The van der Waals surface area contributed by atoms with Gasteiger partial charge in [0.2, 0.25) is 5.91 Å². The van der Waals surface area contributed by atoms with Crippen molar-refractivity contribution in [1.82, 2.24) is 5.32 Å². The molecule has 0 fully saturated rings. The second-order valence-corrected chi connectivity index (χ2v) is 4.36. The first-order valence-electron chi connectivity index (χ1n) is 6.03. The number of alkyl halides is 2. The van der Waals surface area contributed by atoms with E-state index in [0.29, 0.717) is 11.1 Å². The van der Waals surface area contributed by atoms with Crippen molar-refractivity contribution in [3.05, 3.63) is 28.8 Å². The highest BCUT2D eigenvalue weighted by Crippen LogP contribution is 2.27. The average molecular weight is 296 g/mol. The van der Waals surface area contributed by atoms with Crippen molar-refractivity contribution in [3.8, 4) is 11.8 Å². The fraction of sp³-hybridized carbons (Fsp3) is 0.357. The van der Waals surface area contributed by atoms with Crippen LogP contribution in [0.5, 0.6) is 5.75 Å². The zero-order valence-electron chi connectivity index (χ0n) is 11.7. The first kappa shape index (κ1) is 16.6. The summed E-state index contributed by atoms with van der Waals surface area (Å²) < 4.78 is 29.0. The van der Waals surface area contributed by atoms with Crippen molar-refractivity contribution in [1.29, 1.82) is 5.26 Å². The third kappa shape index (κ3) is 3.75. The molecule has 1 atom stereocenters. The Morgan fingerprint density at radius 3 is 2.19 bits per heavy atom. The highest BCUT2D eigenvalue weighted by molar-refractivity contribution is 6.12. The molecule has 21 heavy (non-hydrogen) atoms. The molecule has 0 radical (unpaired) electrons. The number of hydrogen-bond acceptors (Lipinski definition) is 4. The summed E-state index contributed by atoms with van der Waals surface area (Å²) in [6.45, 7) is 0.0348. The Balaban J connectivity index is 3.19. The molecular formula is C14H14F2N2O3. The van der Waals surface area contributed by atoms with Crippen LogP contribution in [0.3, 0.4) is 0 Å². The number of Topliss-reactive ketones (excluding diaryl/α,β-unsaturated/α-hetero) is 1. The van der Waals surface area contributed by atoms with Gasteiger partial charge in [-0.15, -0.1) is 0 Å². The van der Waals surface area contributed by atoms with E-state index < -0.39 is 24.2 Å². The van der Waals surface area contributed by atoms with Crippen molar-refractivity contribution in [2.24, 2.45) is 5.92 Å². The van der Waals surface area contributed by atoms with Gasteiger partial charge >= 0.3 is 6.61 Å². The number of carbonyl (C=O) groups excluding carboxylic acids is 2. The Labute approximate surface area is 120 Å². The summed E-state index contributed by atoms with van der Waals surface area (Å²) >= 11 is 0. The number of amides is 1. The summed E-state index contributed by atoms with van der Waals surface area (Å²) in [5.41, 5.74) is 0.751. The Kier molecular flexibility index (Phi) is 5.36. The molecule has 1 amide bonds. The lowest BCUT2D eigenvalue weighted by atomic mass is 9.95. The fourth-order valence-electron chi connectivity index (χ4n) is 1.91. The molecule has 0 aliphatic carbocycles. The van der Waals surface area contributed by atoms with Crippen LogP contribution in [0, 0.1) is 31.1 Å². The molecule has 7 heteroatoms. The topological polar surface area (TPSA) is 79.2 Å². The second-order valence-electron chi connectivity index (χ2n) is 4.36. The molecule has 0 heterocycles. The van der Waals surface area contributed by atoms with Crippen LogP contribution in [-0.2, 0) is 4.79 Å². The molecule has 0 spiro atoms. The number of ether oxygens (including phenoxy) is 1. The number of nitrogens with zero attached hydrogens (tertiary/aromatic N) is 1. The van der Waals surface area contributed by atoms with E-state index in [1.54, 1.807) is 6.07 Å². The van der Waals surface area contributed by atoms with Crippen LogP contribution in [0.15, 0.2) is 12.1 Å². The lowest BCUT2D eigenvalue weighted by Crippen LogP contribution is -2.32. The molecule has 0 saturated carbocycles. The predicted octanol–water partition coefficient (Wildman–Crippen LogP) is 1.97. The summed E-state index contributed by atoms with van der Waals surface area (Å²) in [6, 6.07) is 4.26. The number of rotatable bonds is 5. The summed E-state index contributed by atoms with van der Waals surface area (Å²) in [7, 11) is 1.32. The SMILES string of the molecule is CNC(=O)[C@H](C#N)C(=O)c1cc(C)c(OC(F)F)c(C)c1. The van der Waals surface area contributed by atoms with Gasteiger partial charge in [0.05, 0.1) is 6.07 Å². The Bertz CT molecular complexity index is 586. The van der Waals surface area contributed by atoms with Crippen LogP contribution < -0.4 is 10.1 Å². The average Bonchev–Trinajstić information content (AvgIpc) is 2.42. The molecule has 0 saturated heterocycles. The Hall–Kier alpha value is -2.49. The number of nitrogens with one attached hydrogen (secondary N) is 1. The van der Waals surface area contributed by atoms with E-state index in [2.05, 4.69) is 10.1 Å². The first-order valence-corrected chi connectivity index (χ1v) is 6.03. The van der Waals surface area contributed by atoms with Gasteiger partial charge in [-0.25, -0.2) is 0 Å². The van der Waals surface area contributed by atoms with Crippen LogP contribution in [0.25, 0.3) is 0 Å². The van der Waals surface area contributed by atoms with Gasteiger partial charge in [0.15, 0.2) is 11.7 Å². The highest BCUT2D eigenvalue weighted by atomic mass is 19.3. The molecule has 0 bridgehead atoms. The number of halogens is 2. The Morgan fingerprint density at radius 2 is 1.81 bits per heavy atom. The van der Waals surface area contributed by atoms with E-state index in [1.807, 2.05) is 0 Å². The summed E-state index contributed by atoms with van der Waals surface area (Å²) in [5, 5.41) is 11.1. The highest BCUT2D eigenvalue weighted by Gasteiger charge is 2.27. The van der Waals surface area contributed by atoms with E-state index >= 15 is 0 Å². The van der Waals surface area contributed by atoms with E-state index in [9.17, 15) is 18.4 Å². The van der Waals surface area contributed by atoms with E-state index in [4.69, 9.17) is 5.26 Å². The van der Waals surface area contributed by atoms with Gasteiger partial charge in [0.1, 0.15) is 5.75 Å². The van der Waals surface area contributed by atoms with Gasteiger partial charge in [-0.2, -0.15) is 14.0 Å². The monoisotopic (exact) mass is 296 g/mol. The lowest BCUT2D eigenvalue weighted by Gasteiger charge is -2.14. The third-order valence-corrected chi connectivity index (χ3v) is 2.85. The van der Waals surface area contributed by atoms with Crippen molar-refractivity contribution >= 4 is 11.7 Å². The number of aryl methyl sites for hydroxylation is 2. The van der Waals surface area contributed by atoms with Gasteiger partial charge in [-0.3, -0.25) is 9.59 Å². The van der Waals surface area contributed by atoms with Crippen LogP contribution in [0.4, 0.5) is 8.78 Å². The van der Waals surface area contributed by atoms with Gasteiger partial charge in [-0.1, -0.05) is 0 Å². The zero-order valence-corrected chi connectivity index (χ0v) is 11.7. The summed E-state index contributed by atoms with van der Waals surface area (Å²) in [6.07, 6.45) is 0. The molecule has 5 nitrogen and oxygen atoms in total. The normalized spacial score (nSPS) is 11.7. The third-order valence-electron chi connectivity index (χ3n) is 2.85. The molecular weight excluding hydrogens is 282 g/mol. The minimum absolute atomic E-state index is 0.0185. The summed E-state index contributed by atoms with van der Waals surface area (Å²) in [5.74, 6) is -2.90. The number of ketones is 1. The number of nitriles is 1. The molecule has 0 aromatic heterocycles. The lowest BCUT2D eigenvalue weighted by molar-refractivity contribution is -0.121. The molecule has 0 unspecified atom stereocenters. The second kappa shape index (κ2) is 6.79. The standard InChI is InChI=1S/C14H14F2N2O3/c1-7-4-9(5-8(2)12(7)21-14(15)16)11(19)10(6-17)13(20)18-3/h4-5,10,14H,1-3H3,(H,18,20)/t10-/m1/s1. The maximum absolute atomic E-state index is 12.3. The fourth-order valence-corrected chi connectivity index (χ4v) is 1.91. The van der Waals surface area contributed by atoms with E-state index in [1.165, 1.54) is 33.0 Å². The number of benzene rings is 1. The van der Waals surface area contributed by atoms with E-state index in [-0.39, 0.29) is 11.3 Å². The molecule has 1 aromatic rings. The molecule has 1 aromatic carbocycles. The van der Waals surface area contributed by atoms with Crippen LogP contribution in [0.1, 0.15) is 21.5 Å². The molecule has 1 rings (SSSR count). The number of hydrogen-bond donors (Lipinski definition) is 1. The van der Waals surface area contributed by atoms with Crippen molar-refractivity contribution in [3.63, 3.8) is 0 Å². The van der Waals surface area contributed by atoms with Gasteiger partial charge in [0.25, 0.3) is 0 Å². The largest absolute Gasteiger partial charge is 0.434 e. The van der Waals surface area contributed by atoms with Crippen LogP contribution in [-0.4, -0.2) is 25.3 Å². The van der Waals surface area contributed by atoms with Crippen molar-refractivity contribution < 1.29 is 23.1 Å². The maximum atomic E-state index is 12.3. The smallest absolute Gasteiger partial charge is 0.387 e. The van der Waals surface area contributed by atoms with E-state index in [0.717, 1.165) is 0 Å². The summed E-state index contributed by atoms with van der Waals surface area (Å²) in [4.78, 5) is 23.6.